The van der Waals surface area contributed by atoms with Crippen LogP contribution in [0.1, 0.15) is 24.6 Å². The van der Waals surface area contributed by atoms with Crippen LogP contribution in [-0.4, -0.2) is 39.1 Å². The second-order valence-electron chi connectivity index (χ2n) is 5.39. The first kappa shape index (κ1) is 14.7. The molecule has 0 amide bonds. The summed E-state index contributed by atoms with van der Waals surface area (Å²) < 4.78 is 1.55. The Morgan fingerprint density at radius 1 is 1.45 bits per heavy atom. The minimum Gasteiger partial charge on any atom is -0.393 e. The van der Waals surface area contributed by atoms with Crippen LogP contribution in [0, 0.1) is 6.92 Å². The van der Waals surface area contributed by atoms with E-state index in [0.717, 1.165) is 17.8 Å². The van der Waals surface area contributed by atoms with Crippen LogP contribution in [0.4, 0.5) is 0 Å². The third-order valence-corrected chi connectivity index (χ3v) is 3.24. The van der Waals surface area contributed by atoms with Gasteiger partial charge in [0.15, 0.2) is 0 Å². The van der Waals surface area contributed by atoms with E-state index in [-0.39, 0.29) is 11.7 Å². The molecule has 2 aromatic heterocycles. The van der Waals surface area contributed by atoms with Crippen LogP contribution in [0.15, 0.2) is 29.2 Å². The van der Waals surface area contributed by atoms with E-state index in [1.165, 1.54) is 0 Å². The third kappa shape index (κ3) is 3.65. The number of fused-ring (bicyclic) bond motifs is 1. The molecular formula is C15H21N3O2. The number of rotatable bonds is 5. The molecule has 2 aromatic rings. The van der Waals surface area contributed by atoms with Crippen molar-refractivity contribution < 1.29 is 5.11 Å². The van der Waals surface area contributed by atoms with Crippen LogP contribution >= 0.6 is 0 Å². The SMILES string of the molecule is Cc1ccn2c(=O)cc(CN(C)CCC(C)O)nc2c1. The Balaban J connectivity index is 2.20. The lowest BCUT2D eigenvalue weighted by Gasteiger charge is -2.17. The van der Waals surface area contributed by atoms with Crippen molar-refractivity contribution in [1.29, 1.82) is 0 Å². The molecule has 20 heavy (non-hydrogen) atoms. The van der Waals surface area contributed by atoms with Gasteiger partial charge < -0.3 is 10.0 Å². The van der Waals surface area contributed by atoms with Crippen molar-refractivity contribution >= 4 is 5.65 Å². The minimum atomic E-state index is -0.310. The first-order valence-corrected chi connectivity index (χ1v) is 6.81. The van der Waals surface area contributed by atoms with Crippen LogP contribution in [0.2, 0.25) is 0 Å². The Bertz CT molecular complexity index is 649. The van der Waals surface area contributed by atoms with Gasteiger partial charge in [0, 0.05) is 25.4 Å². The van der Waals surface area contributed by atoms with Gasteiger partial charge in [-0.15, -0.1) is 0 Å². The number of aromatic nitrogens is 2. The summed E-state index contributed by atoms with van der Waals surface area (Å²) in [7, 11) is 1.96. The number of hydrogen-bond acceptors (Lipinski definition) is 4. The molecule has 1 atom stereocenters. The number of aliphatic hydroxyl groups is 1. The van der Waals surface area contributed by atoms with Crippen LogP contribution < -0.4 is 5.56 Å². The van der Waals surface area contributed by atoms with E-state index in [1.54, 1.807) is 23.6 Å². The molecule has 0 fully saturated rings. The van der Waals surface area contributed by atoms with Gasteiger partial charge in [0.25, 0.3) is 5.56 Å². The highest BCUT2D eigenvalue weighted by molar-refractivity contribution is 5.41. The number of nitrogens with zero attached hydrogens (tertiary/aromatic N) is 3. The summed E-state index contributed by atoms with van der Waals surface area (Å²) in [5.74, 6) is 0. The summed E-state index contributed by atoms with van der Waals surface area (Å²) >= 11 is 0. The molecule has 5 nitrogen and oxygen atoms in total. The highest BCUT2D eigenvalue weighted by Crippen LogP contribution is 2.05. The van der Waals surface area contributed by atoms with Crippen LogP contribution in [0.25, 0.3) is 5.65 Å². The molecule has 108 valence electrons. The molecule has 0 radical (unpaired) electrons. The standard InChI is InChI=1S/C15H21N3O2/c1-11-4-7-18-14(8-11)16-13(9-15(18)20)10-17(3)6-5-12(2)19/h4,7-9,12,19H,5-6,10H2,1-3H3. The number of aryl methyl sites for hydroxylation is 1. The van der Waals surface area contributed by atoms with Crippen LogP contribution in [-0.2, 0) is 6.54 Å². The average Bonchev–Trinajstić information content (AvgIpc) is 2.35. The Hall–Kier alpha value is -1.72. The zero-order valence-corrected chi connectivity index (χ0v) is 12.2. The van der Waals surface area contributed by atoms with Crippen molar-refractivity contribution in [3.05, 3.63) is 46.0 Å². The molecular weight excluding hydrogens is 254 g/mol. The summed E-state index contributed by atoms with van der Waals surface area (Å²) in [5, 5.41) is 9.29. The summed E-state index contributed by atoms with van der Waals surface area (Å²) in [4.78, 5) is 18.6. The highest BCUT2D eigenvalue weighted by atomic mass is 16.3. The van der Waals surface area contributed by atoms with Crippen molar-refractivity contribution in [2.75, 3.05) is 13.6 Å². The van der Waals surface area contributed by atoms with Gasteiger partial charge in [-0.05, 0) is 45.0 Å². The van der Waals surface area contributed by atoms with Crippen molar-refractivity contribution in [3.8, 4) is 0 Å². The second-order valence-corrected chi connectivity index (χ2v) is 5.39. The Morgan fingerprint density at radius 3 is 2.90 bits per heavy atom. The molecule has 0 aliphatic rings. The predicted molar refractivity (Wildman–Crippen MR) is 78.8 cm³/mol. The Kier molecular flexibility index (Phi) is 4.52. The van der Waals surface area contributed by atoms with Gasteiger partial charge in [-0.1, -0.05) is 0 Å². The molecule has 0 aromatic carbocycles. The molecule has 0 bridgehead atoms. The first-order valence-electron chi connectivity index (χ1n) is 6.81. The summed E-state index contributed by atoms with van der Waals surface area (Å²) in [6.45, 7) is 5.13. The van der Waals surface area contributed by atoms with E-state index in [0.29, 0.717) is 18.6 Å². The third-order valence-electron chi connectivity index (χ3n) is 3.24. The quantitative estimate of drug-likeness (QED) is 0.891. The first-order chi connectivity index (χ1) is 9.45. The summed E-state index contributed by atoms with van der Waals surface area (Å²) in [6, 6.07) is 5.37. The Morgan fingerprint density at radius 2 is 2.20 bits per heavy atom. The van der Waals surface area contributed by atoms with E-state index in [1.807, 2.05) is 26.1 Å². The Labute approximate surface area is 118 Å². The maximum atomic E-state index is 12.0. The van der Waals surface area contributed by atoms with Crippen LogP contribution in [0.5, 0.6) is 0 Å². The van der Waals surface area contributed by atoms with Gasteiger partial charge in [0.1, 0.15) is 5.65 Å². The lowest BCUT2D eigenvalue weighted by molar-refractivity contribution is 0.162. The van der Waals surface area contributed by atoms with Crippen molar-refractivity contribution in [1.82, 2.24) is 14.3 Å². The smallest absolute Gasteiger partial charge is 0.258 e. The lowest BCUT2D eigenvalue weighted by Crippen LogP contribution is -2.24. The predicted octanol–water partition coefficient (Wildman–Crippen LogP) is 1.21. The molecule has 2 heterocycles. The van der Waals surface area contributed by atoms with Gasteiger partial charge in [0.05, 0.1) is 11.8 Å². The molecule has 0 aliphatic heterocycles. The fraction of sp³-hybridized carbons (Fsp3) is 0.467. The number of aliphatic hydroxyl groups excluding tert-OH is 1. The molecule has 5 heteroatoms. The molecule has 0 saturated heterocycles. The van der Waals surface area contributed by atoms with Crippen molar-refractivity contribution in [3.63, 3.8) is 0 Å². The van der Waals surface area contributed by atoms with Crippen molar-refractivity contribution in [2.24, 2.45) is 0 Å². The molecule has 1 N–H and O–H groups in total. The van der Waals surface area contributed by atoms with E-state index in [9.17, 15) is 9.90 Å². The average molecular weight is 275 g/mol. The monoisotopic (exact) mass is 275 g/mol. The van der Waals surface area contributed by atoms with Gasteiger partial charge >= 0.3 is 0 Å². The molecule has 1 unspecified atom stereocenters. The van der Waals surface area contributed by atoms with E-state index in [4.69, 9.17) is 0 Å². The van der Waals surface area contributed by atoms with E-state index in [2.05, 4.69) is 9.88 Å². The zero-order valence-electron chi connectivity index (χ0n) is 12.2. The largest absolute Gasteiger partial charge is 0.393 e. The number of pyridine rings is 1. The normalized spacial score (nSPS) is 13.1. The van der Waals surface area contributed by atoms with Gasteiger partial charge in [-0.3, -0.25) is 9.20 Å². The topological polar surface area (TPSA) is 57.8 Å². The molecule has 0 spiro atoms. The maximum Gasteiger partial charge on any atom is 0.258 e. The highest BCUT2D eigenvalue weighted by Gasteiger charge is 2.07. The summed E-state index contributed by atoms with van der Waals surface area (Å²) in [6.07, 6.45) is 2.15. The maximum absolute atomic E-state index is 12.0. The fourth-order valence-electron chi connectivity index (χ4n) is 2.10. The number of hydrogen-bond donors (Lipinski definition) is 1. The zero-order chi connectivity index (χ0) is 14.7. The fourth-order valence-corrected chi connectivity index (χ4v) is 2.10. The van der Waals surface area contributed by atoms with Crippen molar-refractivity contribution in [2.45, 2.75) is 32.9 Å². The lowest BCUT2D eigenvalue weighted by atomic mass is 10.2. The van der Waals surface area contributed by atoms with Gasteiger partial charge in [0.2, 0.25) is 0 Å². The van der Waals surface area contributed by atoms with Gasteiger partial charge in [-0.2, -0.15) is 0 Å². The van der Waals surface area contributed by atoms with E-state index >= 15 is 0 Å². The van der Waals surface area contributed by atoms with Crippen LogP contribution in [0.3, 0.4) is 0 Å². The van der Waals surface area contributed by atoms with Gasteiger partial charge in [-0.25, -0.2) is 4.98 Å². The summed E-state index contributed by atoms with van der Waals surface area (Å²) in [5.41, 5.74) is 2.45. The minimum absolute atomic E-state index is 0.0612. The molecule has 0 aliphatic carbocycles. The molecule has 2 rings (SSSR count). The second kappa shape index (κ2) is 6.15. The molecule has 0 saturated carbocycles. The van der Waals surface area contributed by atoms with E-state index < -0.39 is 0 Å².